The second kappa shape index (κ2) is 8.72. The number of ether oxygens (including phenoxy) is 2. The lowest BCUT2D eigenvalue weighted by molar-refractivity contribution is 0.00920. The van der Waals surface area contributed by atoms with Gasteiger partial charge >= 0.3 is 0 Å². The van der Waals surface area contributed by atoms with Crippen molar-refractivity contribution in [2.24, 2.45) is 11.7 Å². The van der Waals surface area contributed by atoms with Crippen LogP contribution in [0.1, 0.15) is 52.4 Å². The molecule has 3 nitrogen and oxygen atoms in total. The molecule has 1 heterocycles. The molecule has 0 aromatic heterocycles. The van der Waals surface area contributed by atoms with Gasteiger partial charge in [0.25, 0.3) is 0 Å². The van der Waals surface area contributed by atoms with Crippen LogP contribution in [0.4, 0.5) is 0 Å². The summed E-state index contributed by atoms with van der Waals surface area (Å²) in [6.45, 7) is 9.49. The number of hydrogen-bond donors (Lipinski definition) is 1. The summed E-state index contributed by atoms with van der Waals surface area (Å²) >= 11 is 0. The molecule has 0 aromatic rings. The fourth-order valence-electron chi connectivity index (χ4n) is 2.83. The summed E-state index contributed by atoms with van der Waals surface area (Å²) in [5.74, 6) is 0.557. The highest BCUT2D eigenvalue weighted by Crippen LogP contribution is 2.26. The summed E-state index contributed by atoms with van der Waals surface area (Å²) in [5, 5.41) is 0. The molecule has 0 bridgehead atoms. The molecule has 0 radical (unpaired) electrons. The number of unbranched alkanes of at least 4 members (excludes halogenated alkanes) is 1. The molecule has 0 spiro atoms. The third-order valence-electron chi connectivity index (χ3n) is 4.18. The highest BCUT2D eigenvalue weighted by molar-refractivity contribution is 5.09. The predicted molar refractivity (Wildman–Crippen MR) is 80.2 cm³/mol. The summed E-state index contributed by atoms with van der Waals surface area (Å²) in [5.41, 5.74) is 7.23. The van der Waals surface area contributed by atoms with Crippen molar-refractivity contribution in [1.29, 1.82) is 0 Å². The van der Waals surface area contributed by atoms with Crippen LogP contribution in [0.2, 0.25) is 0 Å². The minimum Gasteiger partial charge on any atom is -0.381 e. The summed E-state index contributed by atoms with van der Waals surface area (Å²) < 4.78 is 11.4. The molecule has 0 unspecified atom stereocenters. The Morgan fingerprint density at radius 1 is 1.53 bits per heavy atom. The zero-order valence-corrected chi connectivity index (χ0v) is 12.9. The highest BCUT2D eigenvalue weighted by atomic mass is 16.5. The van der Waals surface area contributed by atoms with Crippen LogP contribution in [0.15, 0.2) is 12.2 Å². The Morgan fingerprint density at radius 3 is 2.84 bits per heavy atom. The number of methoxy groups -OCH3 is 1. The van der Waals surface area contributed by atoms with E-state index in [0.717, 1.165) is 31.4 Å². The van der Waals surface area contributed by atoms with Gasteiger partial charge in [0.05, 0.1) is 12.2 Å². The Balaban J connectivity index is 2.47. The van der Waals surface area contributed by atoms with Gasteiger partial charge in [-0.05, 0) is 37.2 Å². The van der Waals surface area contributed by atoms with Gasteiger partial charge in [-0.3, -0.25) is 0 Å². The summed E-state index contributed by atoms with van der Waals surface area (Å²) in [4.78, 5) is 0. The second-order valence-corrected chi connectivity index (χ2v) is 5.85. The molecular weight excluding hydrogens is 238 g/mol. The lowest BCUT2D eigenvalue weighted by Gasteiger charge is -2.33. The Morgan fingerprint density at radius 2 is 2.26 bits per heavy atom. The van der Waals surface area contributed by atoms with Crippen molar-refractivity contribution in [2.45, 2.75) is 70.6 Å². The minimum absolute atomic E-state index is 0.0183. The van der Waals surface area contributed by atoms with E-state index in [4.69, 9.17) is 15.2 Å². The first kappa shape index (κ1) is 16.7. The largest absolute Gasteiger partial charge is 0.381 e. The Kier molecular flexibility index (Phi) is 7.66. The van der Waals surface area contributed by atoms with E-state index in [9.17, 15) is 0 Å². The van der Waals surface area contributed by atoms with Gasteiger partial charge in [-0.15, -0.1) is 0 Å². The Bertz CT molecular complexity index is 267. The third-order valence-corrected chi connectivity index (χ3v) is 4.18. The Labute approximate surface area is 118 Å². The molecule has 0 aromatic carbocycles. The summed E-state index contributed by atoms with van der Waals surface area (Å²) in [6.07, 6.45) is 6.91. The van der Waals surface area contributed by atoms with E-state index < -0.39 is 0 Å². The molecule has 1 aliphatic rings. The minimum atomic E-state index is 0.0183. The van der Waals surface area contributed by atoms with Crippen molar-refractivity contribution in [3.05, 3.63) is 12.2 Å². The maximum atomic E-state index is 6.13. The zero-order valence-electron chi connectivity index (χ0n) is 12.9. The number of hydrogen-bond acceptors (Lipinski definition) is 3. The maximum absolute atomic E-state index is 6.13. The van der Waals surface area contributed by atoms with Crippen LogP contribution < -0.4 is 5.73 Å². The lowest BCUT2D eigenvalue weighted by atomic mass is 9.89. The highest BCUT2D eigenvalue weighted by Gasteiger charge is 2.28. The van der Waals surface area contributed by atoms with Crippen molar-refractivity contribution in [3.63, 3.8) is 0 Å². The van der Waals surface area contributed by atoms with E-state index in [0.29, 0.717) is 5.92 Å². The molecule has 112 valence electrons. The quantitative estimate of drug-likeness (QED) is 0.688. The first-order valence-electron chi connectivity index (χ1n) is 7.67. The van der Waals surface area contributed by atoms with Crippen LogP contribution in [0.3, 0.4) is 0 Å². The van der Waals surface area contributed by atoms with Crippen LogP contribution in [-0.2, 0) is 9.47 Å². The van der Waals surface area contributed by atoms with Crippen molar-refractivity contribution in [1.82, 2.24) is 0 Å². The van der Waals surface area contributed by atoms with Gasteiger partial charge in [0.15, 0.2) is 0 Å². The molecule has 0 amide bonds. The van der Waals surface area contributed by atoms with Crippen molar-refractivity contribution >= 4 is 0 Å². The van der Waals surface area contributed by atoms with Gasteiger partial charge in [-0.1, -0.05) is 33.3 Å². The van der Waals surface area contributed by atoms with Gasteiger partial charge in [-0.2, -0.15) is 0 Å². The van der Waals surface area contributed by atoms with E-state index >= 15 is 0 Å². The van der Waals surface area contributed by atoms with E-state index in [-0.39, 0.29) is 18.2 Å². The molecule has 0 saturated carbocycles. The summed E-state index contributed by atoms with van der Waals surface area (Å²) in [7, 11) is 1.79. The van der Waals surface area contributed by atoms with Crippen LogP contribution in [0.5, 0.6) is 0 Å². The number of rotatable bonds is 8. The summed E-state index contributed by atoms with van der Waals surface area (Å²) in [6, 6.07) is 0.102. The maximum Gasteiger partial charge on any atom is 0.0934 e. The van der Waals surface area contributed by atoms with Gasteiger partial charge < -0.3 is 15.2 Å². The predicted octanol–water partition coefficient (Wildman–Crippen LogP) is 3.28. The van der Waals surface area contributed by atoms with Crippen LogP contribution in [0, 0.1) is 5.92 Å². The molecular formula is C16H31NO2. The third kappa shape index (κ3) is 5.25. The van der Waals surface area contributed by atoms with Crippen molar-refractivity contribution < 1.29 is 9.47 Å². The molecule has 1 rings (SSSR count). The monoisotopic (exact) mass is 269 g/mol. The van der Waals surface area contributed by atoms with E-state index in [2.05, 4.69) is 20.4 Å². The molecule has 1 saturated heterocycles. The van der Waals surface area contributed by atoms with E-state index in [1.807, 2.05) is 0 Å². The van der Waals surface area contributed by atoms with Crippen molar-refractivity contribution in [3.8, 4) is 0 Å². The topological polar surface area (TPSA) is 44.5 Å². The smallest absolute Gasteiger partial charge is 0.0934 e. The molecule has 4 atom stereocenters. The average Bonchev–Trinajstić information content (AvgIpc) is 2.42. The molecule has 0 aliphatic carbocycles. The normalized spacial score (nSPS) is 26.9. The van der Waals surface area contributed by atoms with Gasteiger partial charge in [-0.25, -0.2) is 0 Å². The first-order chi connectivity index (χ1) is 9.10. The van der Waals surface area contributed by atoms with Crippen LogP contribution in [0.25, 0.3) is 0 Å². The lowest BCUT2D eigenvalue weighted by Crippen LogP contribution is -2.42. The van der Waals surface area contributed by atoms with Gasteiger partial charge in [0.2, 0.25) is 0 Å². The number of nitrogens with two attached hydrogens (primary N) is 1. The Hall–Kier alpha value is -0.380. The van der Waals surface area contributed by atoms with Crippen LogP contribution in [-0.4, -0.2) is 32.0 Å². The fraction of sp³-hybridized carbons (Fsp3) is 0.875. The standard InChI is InChI=1S/C16H31NO2/c1-5-6-8-12(2)15(18-4)11-13(3)16-14(17)9-7-10-19-16/h12,14-16H,3,5-11,17H2,1-2,4H3/t12-,14+,15-,16-/m0/s1. The van der Waals surface area contributed by atoms with E-state index in [1.54, 1.807) is 7.11 Å². The average molecular weight is 269 g/mol. The molecule has 1 aliphatic heterocycles. The van der Waals surface area contributed by atoms with Gasteiger partial charge in [0.1, 0.15) is 0 Å². The first-order valence-corrected chi connectivity index (χ1v) is 7.67. The molecule has 2 N–H and O–H groups in total. The van der Waals surface area contributed by atoms with Crippen molar-refractivity contribution in [2.75, 3.05) is 13.7 Å². The molecule has 19 heavy (non-hydrogen) atoms. The fourth-order valence-corrected chi connectivity index (χ4v) is 2.83. The van der Waals surface area contributed by atoms with Gasteiger partial charge in [0, 0.05) is 19.8 Å². The molecule has 3 heteroatoms. The second-order valence-electron chi connectivity index (χ2n) is 5.85. The molecule has 1 fully saturated rings. The van der Waals surface area contributed by atoms with Crippen LogP contribution >= 0.6 is 0 Å². The zero-order chi connectivity index (χ0) is 14.3. The van der Waals surface area contributed by atoms with E-state index in [1.165, 1.54) is 19.3 Å². The SMILES string of the molecule is C=C(C[C@H](OC)[C@@H](C)CCCC)[C@@H]1OCCC[C@H]1N.